The Morgan fingerprint density at radius 2 is 2.00 bits per heavy atom. The van der Waals surface area contributed by atoms with Crippen LogP contribution in [0.3, 0.4) is 0 Å². The smallest absolute Gasteiger partial charge is 0.282 e. The maximum Gasteiger partial charge on any atom is 0.282 e. The second-order valence-corrected chi connectivity index (χ2v) is 6.30. The minimum Gasteiger partial charge on any atom is -0.332 e. The normalized spacial score (nSPS) is 16.1. The number of aromatic nitrogens is 4. The van der Waals surface area contributed by atoms with Crippen LogP contribution in [-0.4, -0.2) is 19.9 Å². The van der Waals surface area contributed by atoms with Gasteiger partial charge in [-0.15, -0.1) is 12.4 Å². The van der Waals surface area contributed by atoms with Crippen molar-refractivity contribution < 1.29 is 4.52 Å². The molecule has 3 aromatic rings. The summed E-state index contributed by atoms with van der Waals surface area (Å²) in [6.45, 7) is 2.61. The van der Waals surface area contributed by atoms with Gasteiger partial charge in [-0.25, -0.2) is 0 Å². The first-order valence-electron chi connectivity index (χ1n) is 8.26. The SMILES string of the molecule is CCn1nc(-c2nc(C3(N)CCCC3)no2)c(=O)c2ccccc21.Cl. The number of hydrogen-bond donors (Lipinski definition) is 1. The molecule has 4 rings (SSSR count). The summed E-state index contributed by atoms with van der Waals surface area (Å²) in [5.74, 6) is 0.604. The first kappa shape index (κ1) is 17.6. The summed E-state index contributed by atoms with van der Waals surface area (Å²) < 4.78 is 7.11. The van der Waals surface area contributed by atoms with E-state index in [1.54, 1.807) is 10.7 Å². The Kier molecular flexibility index (Phi) is 4.62. The molecule has 0 saturated heterocycles. The minimum absolute atomic E-state index is 0. The molecule has 1 aliphatic rings. The van der Waals surface area contributed by atoms with Crippen LogP contribution in [0.1, 0.15) is 38.4 Å². The van der Waals surface area contributed by atoms with E-state index in [0.717, 1.165) is 31.2 Å². The van der Waals surface area contributed by atoms with Crippen LogP contribution in [0.2, 0.25) is 0 Å². The summed E-state index contributed by atoms with van der Waals surface area (Å²) >= 11 is 0. The van der Waals surface area contributed by atoms with E-state index in [2.05, 4.69) is 15.2 Å². The van der Waals surface area contributed by atoms with Gasteiger partial charge in [0.25, 0.3) is 5.89 Å². The van der Waals surface area contributed by atoms with Gasteiger partial charge < -0.3 is 10.3 Å². The molecule has 0 spiro atoms. The second-order valence-electron chi connectivity index (χ2n) is 6.30. The van der Waals surface area contributed by atoms with Gasteiger partial charge in [0.2, 0.25) is 5.43 Å². The van der Waals surface area contributed by atoms with Crippen molar-refractivity contribution >= 4 is 23.3 Å². The summed E-state index contributed by atoms with van der Waals surface area (Å²) in [7, 11) is 0. The van der Waals surface area contributed by atoms with Crippen molar-refractivity contribution in [2.75, 3.05) is 0 Å². The molecular weight excluding hydrogens is 342 g/mol. The lowest BCUT2D eigenvalue weighted by Gasteiger charge is -2.17. The molecular formula is C17H20ClN5O2. The zero-order valence-corrected chi connectivity index (χ0v) is 14.8. The van der Waals surface area contributed by atoms with E-state index in [-0.39, 0.29) is 29.4 Å². The maximum absolute atomic E-state index is 12.8. The number of aryl methyl sites for hydroxylation is 1. The highest BCUT2D eigenvalue weighted by atomic mass is 35.5. The quantitative estimate of drug-likeness (QED) is 0.769. The van der Waals surface area contributed by atoms with Gasteiger partial charge in [0.1, 0.15) is 0 Å². The third kappa shape index (κ3) is 2.83. The Balaban J connectivity index is 0.00000182. The van der Waals surface area contributed by atoms with Crippen molar-refractivity contribution in [3.63, 3.8) is 0 Å². The third-order valence-electron chi connectivity index (χ3n) is 4.73. The first-order valence-corrected chi connectivity index (χ1v) is 8.26. The fraction of sp³-hybridized carbons (Fsp3) is 0.412. The number of para-hydroxylation sites is 1. The third-order valence-corrected chi connectivity index (χ3v) is 4.73. The van der Waals surface area contributed by atoms with Crippen molar-refractivity contribution in [2.24, 2.45) is 5.73 Å². The molecule has 8 heteroatoms. The average Bonchev–Trinajstić information content (AvgIpc) is 3.26. The van der Waals surface area contributed by atoms with Crippen LogP contribution in [0.4, 0.5) is 0 Å². The Morgan fingerprint density at radius 3 is 2.72 bits per heavy atom. The van der Waals surface area contributed by atoms with E-state index in [1.807, 2.05) is 25.1 Å². The molecule has 0 radical (unpaired) electrons. The highest BCUT2D eigenvalue weighted by molar-refractivity contribution is 5.85. The molecule has 0 bridgehead atoms. The topological polar surface area (TPSA) is 99.8 Å². The average molecular weight is 362 g/mol. The molecule has 0 aliphatic heterocycles. The molecule has 2 N–H and O–H groups in total. The van der Waals surface area contributed by atoms with Gasteiger partial charge in [-0.1, -0.05) is 30.1 Å². The van der Waals surface area contributed by atoms with E-state index >= 15 is 0 Å². The molecule has 1 aromatic carbocycles. The lowest BCUT2D eigenvalue weighted by molar-refractivity contribution is 0.372. The first-order chi connectivity index (χ1) is 11.6. The van der Waals surface area contributed by atoms with Crippen LogP contribution in [-0.2, 0) is 12.1 Å². The summed E-state index contributed by atoms with van der Waals surface area (Å²) in [6, 6.07) is 7.38. The zero-order valence-electron chi connectivity index (χ0n) is 13.9. The van der Waals surface area contributed by atoms with E-state index in [4.69, 9.17) is 10.3 Å². The van der Waals surface area contributed by atoms with Crippen molar-refractivity contribution in [1.29, 1.82) is 0 Å². The van der Waals surface area contributed by atoms with Gasteiger partial charge in [0.05, 0.1) is 11.1 Å². The highest BCUT2D eigenvalue weighted by Crippen LogP contribution is 2.35. The van der Waals surface area contributed by atoms with Gasteiger partial charge in [-0.05, 0) is 31.9 Å². The maximum atomic E-state index is 12.8. The lowest BCUT2D eigenvalue weighted by atomic mass is 9.99. The molecule has 0 atom stereocenters. The Morgan fingerprint density at radius 1 is 1.28 bits per heavy atom. The fourth-order valence-corrected chi connectivity index (χ4v) is 3.37. The molecule has 132 valence electrons. The standard InChI is InChI=1S/C17H19N5O2.ClH/c1-2-22-12-8-4-3-7-11(12)14(23)13(20-22)15-19-16(21-24-15)17(18)9-5-6-10-17;/h3-4,7-8H,2,5-6,9-10,18H2,1H3;1H. The van der Waals surface area contributed by atoms with Gasteiger partial charge in [-0.3, -0.25) is 9.48 Å². The van der Waals surface area contributed by atoms with E-state index in [9.17, 15) is 4.79 Å². The van der Waals surface area contributed by atoms with Gasteiger partial charge in [0.15, 0.2) is 11.5 Å². The summed E-state index contributed by atoms with van der Waals surface area (Å²) in [6.07, 6.45) is 3.76. The van der Waals surface area contributed by atoms with Crippen LogP contribution in [0.5, 0.6) is 0 Å². The van der Waals surface area contributed by atoms with Crippen LogP contribution >= 0.6 is 12.4 Å². The predicted molar refractivity (Wildman–Crippen MR) is 96.6 cm³/mol. The van der Waals surface area contributed by atoms with Gasteiger partial charge in [0, 0.05) is 11.9 Å². The number of hydrogen-bond acceptors (Lipinski definition) is 6. The molecule has 0 unspecified atom stereocenters. The number of rotatable bonds is 3. The largest absolute Gasteiger partial charge is 0.332 e. The number of fused-ring (bicyclic) bond motifs is 1. The second kappa shape index (κ2) is 6.57. The Hall–Kier alpha value is -2.25. The number of halogens is 1. The fourth-order valence-electron chi connectivity index (χ4n) is 3.37. The van der Waals surface area contributed by atoms with E-state index < -0.39 is 5.54 Å². The van der Waals surface area contributed by atoms with Crippen LogP contribution in [0, 0.1) is 0 Å². The van der Waals surface area contributed by atoms with Gasteiger partial charge in [-0.2, -0.15) is 10.1 Å². The molecule has 1 aliphatic carbocycles. The molecule has 7 nitrogen and oxygen atoms in total. The molecule has 25 heavy (non-hydrogen) atoms. The predicted octanol–water partition coefficient (Wildman–Crippen LogP) is 2.62. The van der Waals surface area contributed by atoms with Crippen molar-refractivity contribution in [2.45, 2.75) is 44.7 Å². The summed E-state index contributed by atoms with van der Waals surface area (Å²) in [5, 5.41) is 9.03. The van der Waals surface area contributed by atoms with Crippen LogP contribution in [0.15, 0.2) is 33.6 Å². The molecule has 1 saturated carbocycles. The van der Waals surface area contributed by atoms with Crippen molar-refractivity contribution in [1.82, 2.24) is 19.9 Å². The monoisotopic (exact) mass is 361 g/mol. The van der Waals surface area contributed by atoms with Gasteiger partial charge >= 0.3 is 0 Å². The summed E-state index contributed by atoms with van der Waals surface area (Å²) in [5.41, 5.74) is 6.58. The highest BCUT2D eigenvalue weighted by Gasteiger charge is 2.36. The van der Waals surface area contributed by atoms with E-state index in [1.165, 1.54) is 0 Å². The number of benzene rings is 1. The number of nitrogens with two attached hydrogens (primary N) is 1. The van der Waals surface area contributed by atoms with Crippen molar-refractivity contribution in [3.8, 4) is 11.6 Å². The van der Waals surface area contributed by atoms with E-state index in [0.29, 0.717) is 17.8 Å². The Bertz CT molecular complexity index is 959. The zero-order chi connectivity index (χ0) is 16.7. The molecule has 2 aromatic heterocycles. The van der Waals surface area contributed by atoms with Crippen molar-refractivity contribution in [3.05, 3.63) is 40.3 Å². The minimum atomic E-state index is -0.553. The molecule has 0 amide bonds. The number of nitrogens with zero attached hydrogens (tertiary/aromatic N) is 4. The van der Waals surface area contributed by atoms with Crippen LogP contribution in [0.25, 0.3) is 22.5 Å². The molecule has 1 fully saturated rings. The molecule has 2 heterocycles. The summed E-state index contributed by atoms with van der Waals surface area (Å²) in [4.78, 5) is 17.2. The Labute approximate surface area is 150 Å². The lowest BCUT2D eigenvalue weighted by Crippen LogP contribution is -2.34. The van der Waals surface area contributed by atoms with Crippen LogP contribution < -0.4 is 11.2 Å².